The molecule has 0 atom stereocenters. The summed E-state index contributed by atoms with van der Waals surface area (Å²) in [6, 6.07) is 3.51. The molecule has 15 heavy (non-hydrogen) atoms. The Kier molecular flexibility index (Phi) is 3.97. The van der Waals surface area contributed by atoms with Crippen LogP contribution in [-0.4, -0.2) is 9.91 Å². The van der Waals surface area contributed by atoms with E-state index in [1.807, 2.05) is 13.8 Å². The molecule has 0 saturated carbocycles. The Bertz CT molecular complexity index is 358. The van der Waals surface area contributed by atoms with E-state index in [0.29, 0.717) is 6.42 Å². The SMILES string of the molecule is CC(C)CC(=Cc1ccncc1)[N+](=O)[O-]. The molecule has 0 radical (unpaired) electrons. The fraction of sp³-hybridized carbons (Fsp3) is 0.364. The Morgan fingerprint density at radius 2 is 2.13 bits per heavy atom. The predicted octanol–water partition coefficient (Wildman–Crippen LogP) is 2.75. The third-order valence-electron chi connectivity index (χ3n) is 1.89. The van der Waals surface area contributed by atoms with Crippen LogP contribution in [0.25, 0.3) is 6.08 Å². The second-order valence-corrected chi connectivity index (χ2v) is 3.77. The summed E-state index contributed by atoms with van der Waals surface area (Å²) in [5.74, 6) is 0.281. The first-order valence-corrected chi connectivity index (χ1v) is 4.84. The Labute approximate surface area is 88.8 Å². The first kappa shape index (κ1) is 11.4. The van der Waals surface area contributed by atoms with Crippen molar-refractivity contribution < 1.29 is 4.92 Å². The number of nitro groups is 1. The number of rotatable bonds is 4. The third-order valence-corrected chi connectivity index (χ3v) is 1.89. The van der Waals surface area contributed by atoms with Gasteiger partial charge in [0.15, 0.2) is 0 Å². The van der Waals surface area contributed by atoms with Crippen molar-refractivity contribution >= 4 is 6.08 Å². The van der Waals surface area contributed by atoms with Crippen LogP contribution in [0.15, 0.2) is 30.2 Å². The highest BCUT2D eigenvalue weighted by Crippen LogP contribution is 2.14. The molecule has 1 aromatic heterocycles. The molecule has 4 heteroatoms. The summed E-state index contributed by atoms with van der Waals surface area (Å²) < 4.78 is 0. The molecule has 0 spiro atoms. The van der Waals surface area contributed by atoms with Gasteiger partial charge in [-0.1, -0.05) is 13.8 Å². The van der Waals surface area contributed by atoms with Crippen LogP contribution in [-0.2, 0) is 0 Å². The summed E-state index contributed by atoms with van der Waals surface area (Å²) >= 11 is 0. The van der Waals surface area contributed by atoms with Crippen LogP contribution in [0, 0.1) is 16.0 Å². The molecule has 0 aliphatic heterocycles. The van der Waals surface area contributed by atoms with Crippen molar-refractivity contribution in [1.29, 1.82) is 0 Å². The van der Waals surface area contributed by atoms with Gasteiger partial charge in [0.25, 0.3) is 0 Å². The van der Waals surface area contributed by atoms with Crippen molar-refractivity contribution in [2.75, 3.05) is 0 Å². The van der Waals surface area contributed by atoms with Crippen molar-refractivity contribution in [3.63, 3.8) is 0 Å². The molecule has 0 aliphatic rings. The highest BCUT2D eigenvalue weighted by Gasteiger charge is 2.12. The van der Waals surface area contributed by atoms with Crippen molar-refractivity contribution in [3.05, 3.63) is 45.9 Å². The lowest BCUT2D eigenvalue weighted by Crippen LogP contribution is -2.02. The van der Waals surface area contributed by atoms with E-state index >= 15 is 0 Å². The average Bonchev–Trinajstić information content (AvgIpc) is 2.17. The van der Waals surface area contributed by atoms with Crippen molar-refractivity contribution in [2.45, 2.75) is 20.3 Å². The molecular weight excluding hydrogens is 192 g/mol. The minimum atomic E-state index is -0.319. The van der Waals surface area contributed by atoms with E-state index in [4.69, 9.17) is 0 Å². The minimum absolute atomic E-state index is 0.246. The van der Waals surface area contributed by atoms with E-state index in [1.54, 1.807) is 30.6 Å². The molecule has 1 heterocycles. The Morgan fingerprint density at radius 1 is 1.53 bits per heavy atom. The van der Waals surface area contributed by atoms with E-state index in [-0.39, 0.29) is 16.5 Å². The van der Waals surface area contributed by atoms with Crippen LogP contribution in [0.1, 0.15) is 25.8 Å². The Hall–Kier alpha value is -1.71. The van der Waals surface area contributed by atoms with Crippen LogP contribution >= 0.6 is 0 Å². The molecule has 1 rings (SSSR count). The topological polar surface area (TPSA) is 56.0 Å². The van der Waals surface area contributed by atoms with Crippen LogP contribution in [0.5, 0.6) is 0 Å². The molecular formula is C11H14N2O2. The number of pyridine rings is 1. The summed E-state index contributed by atoms with van der Waals surface area (Å²) in [6.07, 6.45) is 5.33. The smallest absolute Gasteiger partial charge is 0.247 e. The first-order valence-electron chi connectivity index (χ1n) is 4.84. The average molecular weight is 206 g/mol. The lowest BCUT2D eigenvalue weighted by molar-refractivity contribution is -0.427. The fourth-order valence-corrected chi connectivity index (χ4v) is 1.26. The van der Waals surface area contributed by atoms with Crippen molar-refractivity contribution in [3.8, 4) is 0 Å². The van der Waals surface area contributed by atoms with Gasteiger partial charge in [0.2, 0.25) is 5.70 Å². The lowest BCUT2D eigenvalue weighted by Gasteiger charge is -2.01. The predicted molar refractivity (Wildman–Crippen MR) is 58.7 cm³/mol. The number of aromatic nitrogens is 1. The summed E-state index contributed by atoms with van der Waals surface area (Å²) in [6.45, 7) is 3.92. The molecule has 1 aromatic rings. The molecule has 0 unspecified atom stereocenters. The molecule has 0 aliphatic carbocycles. The van der Waals surface area contributed by atoms with Crippen LogP contribution < -0.4 is 0 Å². The van der Waals surface area contributed by atoms with Crippen LogP contribution in [0.3, 0.4) is 0 Å². The maximum absolute atomic E-state index is 10.8. The molecule has 0 bridgehead atoms. The van der Waals surface area contributed by atoms with E-state index in [9.17, 15) is 10.1 Å². The quantitative estimate of drug-likeness (QED) is 0.562. The zero-order valence-corrected chi connectivity index (χ0v) is 8.88. The van der Waals surface area contributed by atoms with Gasteiger partial charge in [-0.2, -0.15) is 0 Å². The van der Waals surface area contributed by atoms with Crippen LogP contribution in [0.4, 0.5) is 0 Å². The Morgan fingerprint density at radius 3 is 2.60 bits per heavy atom. The zero-order valence-electron chi connectivity index (χ0n) is 8.88. The molecule has 0 saturated heterocycles. The minimum Gasteiger partial charge on any atom is -0.265 e. The zero-order chi connectivity index (χ0) is 11.3. The van der Waals surface area contributed by atoms with Gasteiger partial charge in [-0.25, -0.2) is 0 Å². The van der Waals surface area contributed by atoms with Gasteiger partial charge in [-0.3, -0.25) is 15.1 Å². The van der Waals surface area contributed by atoms with Gasteiger partial charge < -0.3 is 0 Å². The highest BCUT2D eigenvalue weighted by atomic mass is 16.6. The lowest BCUT2D eigenvalue weighted by atomic mass is 10.1. The van der Waals surface area contributed by atoms with Gasteiger partial charge >= 0.3 is 0 Å². The largest absolute Gasteiger partial charge is 0.265 e. The van der Waals surface area contributed by atoms with E-state index in [2.05, 4.69) is 4.98 Å². The summed E-state index contributed by atoms with van der Waals surface area (Å²) in [5.41, 5.74) is 1.06. The van der Waals surface area contributed by atoms with Gasteiger partial charge in [0, 0.05) is 24.9 Å². The maximum atomic E-state index is 10.8. The van der Waals surface area contributed by atoms with Gasteiger partial charge in [-0.15, -0.1) is 0 Å². The van der Waals surface area contributed by atoms with Gasteiger partial charge in [0.1, 0.15) is 0 Å². The van der Waals surface area contributed by atoms with E-state index in [0.717, 1.165) is 5.56 Å². The van der Waals surface area contributed by atoms with Crippen LogP contribution in [0.2, 0.25) is 0 Å². The van der Waals surface area contributed by atoms with Crippen molar-refractivity contribution in [1.82, 2.24) is 4.98 Å². The van der Waals surface area contributed by atoms with E-state index in [1.165, 1.54) is 0 Å². The van der Waals surface area contributed by atoms with Crippen molar-refractivity contribution in [2.24, 2.45) is 5.92 Å². The van der Waals surface area contributed by atoms with Gasteiger partial charge in [-0.05, 0) is 23.6 Å². The Balaban J connectivity index is 2.89. The number of hydrogen-bond donors (Lipinski definition) is 0. The molecule has 0 aromatic carbocycles. The standard InChI is InChI=1S/C11H14N2O2/c1-9(2)7-11(13(14)15)8-10-3-5-12-6-4-10/h3-6,8-9H,7H2,1-2H3. The monoisotopic (exact) mass is 206 g/mol. The fourth-order valence-electron chi connectivity index (χ4n) is 1.26. The molecule has 0 N–H and O–H groups in total. The summed E-state index contributed by atoms with van der Waals surface area (Å²) in [7, 11) is 0. The highest BCUT2D eigenvalue weighted by molar-refractivity contribution is 5.49. The summed E-state index contributed by atoms with van der Waals surface area (Å²) in [4.78, 5) is 14.3. The number of allylic oxidation sites excluding steroid dienone is 1. The molecule has 4 nitrogen and oxygen atoms in total. The number of nitrogens with zero attached hydrogens (tertiary/aromatic N) is 2. The number of hydrogen-bond acceptors (Lipinski definition) is 3. The van der Waals surface area contributed by atoms with E-state index < -0.39 is 0 Å². The van der Waals surface area contributed by atoms with Gasteiger partial charge in [0.05, 0.1) is 4.92 Å². The third kappa shape index (κ3) is 3.89. The second kappa shape index (κ2) is 5.24. The summed E-state index contributed by atoms with van der Waals surface area (Å²) in [5, 5.41) is 10.8. The first-order chi connectivity index (χ1) is 7.09. The molecule has 0 amide bonds. The normalized spacial score (nSPS) is 11.8. The molecule has 0 fully saturated rings. The maximum Gasteiger partial charge on any atom is 0.247 e. The second-order valence-electron chi connectivity index (χ2n) is 3.77. The molecule has 80 valence electrons.